The maximum Gasteiger partial charge on any atom is 0.228 e. The second kappa shape index (κ2) is 4.50. The van der Waals surface area contributed by atoms with Crippen molar-refractivity contribution in [3.05, 3.63) is 0 Å². The van der Waals surface area contributed by atoms with Gasteiger partial charge in [0.1, 0.15) is 0 Å². The zero-order chi connectivity index (χ0) is 12.9. The number of carbonyl (C=O) groups excluding carboxylic acids is 1. The lowest BCUT2D eigenvalue weighted by atomic mass is 9.49. The number of hydrogen-bond acceptors (Lipinski definition) is 1. The van der Waals surface area contributed by atoms with Gasteiger partial charge in [0, 0.05) is 18.4 Å². The van der Waals surface area contributed by atoms with Crippen molar-refractivity contribution in [3.63, 3.8) is 0 Å². The van der Waals surface area contributed by atoms with E-state index in [9.17, 15) is 4.79 Å². The van der Waals surface area contributed by atoms with Crippen LogP contribution in [0.15, 0.2) is 0 Å². The summed E-state index contributed by atoms with van der Waals surface area (Å²) >= 11 is 3.50. The lowest BCUT2D eigenvalue weighted by Gasteiger charge is -2.56. The molecule has 4 aliphatic carbocycles. The van der Waals surface area contributed by atoms with Gasteiger partial charge in [-0.15, -0.1) is 0 Å². The first-order valence-corrected chi connectivity index (χ1v) is 8.49. The average molecular weight is 314 g/mol. The number of halogens is 1. The fourth-order valence-electron chi connectivity index (χ4n) is 5.05. The standard InChI is InChI=1S/C15H24BrNO/c1-10(9-16)17(2)14(18)15-6-11-3-12(7-15)5-13(4-11)8-15/h10-13H,3-9H2,1-2H3. The molecule has 4 aliphatic rings. The van der Waals surface area contributed by atoms with Gasteiger partial charge in [-0.1, -0.05) is 15.9 Å². The summed E-state index contributed by atoms with van der Waals surface area (Å²) in [6.07, 6.45) is 7.75. The van der Waals surface area contributed by atoms with Gasteiger partial charge >= 0.3 is 0 Å². The predicted molar refractivity (Wildman–Crippen MR) is 76.6 cm³/mol. The van der Waals surface area contributed by atoms with Crippen LogP contribution in [0, 0.1) is 23.2 Å². The highest BCUT2D eigenvalue weighted by Gasteiger charge is 2.55. The monoisotopic (exact) mass is 313 g/mol. The van der Waals surface area contributed by atoms with Crippen molar-refractivity contribution in [1.29, 1.82) is 0 Å². The molecular formula is C15H24BrNO. The fourth-order valence-corrected chi connectivity index (χ4v) is 5.48. The van der Waals surface area contributed by atoms with Gasteiger partial charge in [-0.3, -0.25) is 4.79 Å². The van der Waals surface area contributed by atoms with E-state index < -0.39 is 0 Å². The van der Waals surface area contributed by atoms with Gasteiger partial charge in [0.15, 0.2) is 0 Å². The van der Waals surface area contributed by atoms with Crippen molar-refractivity contribution in [2.24, 2.45) is 23.2 Å². The minimum atomic E-state index is 0.0277. The van der Waals surface area contributed by atoms with Gasteiger partial charge in [-0.05, 0) is 63.2 Å². The summed E-state index contributed by atoms with van der Waals surface area (Å²) in [5, 5.41) is 0.877. The Morgan fingerprint density at radius 1 is 1.22 bits per heavy atom. The molecule has 3 heteroatoms. The second-order valence-corrected chi connectivity index (χ2v) is 7.76. The van der Waals surface area contributed by atoms with Gasteiger partial charge in [0.25, 0.3) is 0 Å². The molecule has 4 bridgehead atoms. The van der Waals surface area contributed by atoms with Crippen molar-refractivity contribution >= 4 is 21.8 Å². The number of nitrogens with zero attached hydrogens (tertiary/aromatic N) is 1. The first kappa shape index (κ1) is 13.0. The summed E-state index contributed by atoms with van der Waals surface area (Å²) in [6, 6.07) is 0.311. The van der Waals surface area contributed by atoms with Crippen molar-refractivity contribution in [1.82, 2.24) is 4.90 Å². The quantitative estimate of drug-likeness (QED) is 0.731. The van der Waals surface area contributed by atoms with Gasteiger partial charge in [-0.2, -0.15) is 0 Å². The molecule has 0 aromatic heterocycles. The molecule has 0 N–H and O–H groups in total. The Bertz CT molecular complexity index is 319. The summed E-state index contributed by atoms with van der Waals surface area (Å²) in [5.41, 5.74) is 0.0277. The molecule has 0 aromatic rings. The Balaban J connectivity index is 1.80. The second-order valence-electron chi connectivity index (χ2n) is 7.12. The molecule has 1 atom stereocenters. The lowest BCUT2D eigenvalue weighted by Crippen LogP contribution is -2.55. The number of amides is 1. The number of hydrogen-bond donors (Lipinski definition) is 0. The predicted octanol–water partition coefficient (Wildman–Crippen LogP) is 3.44. The molecule has 0 aromatic carbocycles. The Morgan fingerprint density at radius 2 is 1.67 bits per heavy atom. The summed E-state index contributed by atoms with van der Waals surface area (Å²) in [4.78, 5) is 14.9. The van der Waals surface area contributed by atoms with Crippen LogP contribution in [-0.4, -0.2) is 29.2 Å². The smallest absolute Gasteiger partial charge is 0.228 e. The third-order valence-corrected chi connectivity index (χ3v) is 6.63. The van der Waals surface area contributed by atoms with Crippen LogP contribution in [0.4, 0.5) is 0 Å². The number of alkyl halides is 1. The van der Waals surface area contributed by atoms with Crippen LogP contribution >= 0.6 is 15.9 Å². The molecule has 0 heterocycles. The molecule has 4 saturated carbocycles. The molecule has 18 heavy (non-hydrogen) atoms. The molecule has 4 rings (SSSR count). The molecule has 2 nitrogen and oxygen atoms in total. The molecule has 1 unspecified atom stereocenters. The Morgan fingerprint density at radius 3 is 2.06 bits per heavy atom. The molecule has 1 amide bonds. The third kappa shape index (κ3) is 1.93. The van der Waals surface area contributed by atoms with Crippen LogP contribution in [0.25, 0.3) is 0 Å². The van der Waals surface area contributed by atoms with E-state index in [1.54, 1.807) is 0 Å². The van der Waals surface area contributed by atoms with Crippen LogP contribution in [0.2, 0.25) is 0 Å². The van der Waals surface area contributed by atoms with Crippen LogP contribution in [0.1, 0.15) is 45.4 Å². The largest absolute Gasteiger partial charge is 0.342 e. The van der Waals surface area contributed by atoms with Crippen LogP contribution in [0.3, 0.4) is 0 Å². The summed E-state index contributed by atoms with van der Waals surface area (Å²) in [7, 11) is 1.99. The molecular weight excluding hydrogens is 290 g/mol. The highest BCUT2D eigenvalue weighted by Crippen LogP contribution is 2.60. The molecule has 102 valence electrons. The number of carbonyl (C=O) groups is 1. The highest BCUT2D eigenvalue weighted by atomic mass is 79.9. The number of rotatable bonds is 3. The highest BCUT2D eigenvalue weighted by molar-refractivity contribution is 9.09. The zero-order valence-electron chi connectivity index (χ0n) is 11.5. The minimum Gasteiger partial charge on any atom is -0.342 e. The van der Waals surface area contributed by atoms with Gasteiger partial charge in [-0.25, -0.2) is 0 Å². The Labute approximate surface area is 119 Å². The first-order valence-electron chi connectivity index (χ1n) is 7.37. The van der Waals surface area contributed by atoms with Crippen LogP contribution in [0.5, 0.6) is 0 Å². The van der Waals surface area contributed by atoms with E-state index in [1.165, 1.54) is 38.5 Å². The Hall–Kier alpha value is -0.0500. The van der Waals surface area contributed by atoms with Gasteiger partial charge < -0.3 is 4.90 Å². The summed E-state index contributed by atoms with van der Waals surface area (Å²) in [5.74, 6) is 3.00. The molecule has 0 radical (unpaired) electrons. The van der Waals surface area contributed by atoms with Crippen molar-refractivity contribution in [2.45, 2.75) is 51.5 Å². The van der Waals surface area contributed by atoms with Crippen molar-refractivity contribution in [3.8, 4) is 0 Å². The van der Waals surface area contributed by atoms with E-state index in [0.717, 1.165) is 23.1 Å². The normalized spacial score (nSPS) is 42.9. The maximum atomic E-state index is 12.9. The maximum absolute atomic E-state index is 12.9. The van der Waals surface area contributed by atoms with E-state index in [4.69, 9.17) is 0 Å². The minimum absolute atomic E-state index is 0.0277. The van der Waals surface area contributed by atoms with E-state index >= 15 is 0 Å². The van der Waals surface area contributed by atoms with E-state index in [0.29, 0.717) is 11.9 Å². The van der Waals surface area contributed by atoms with Crippen LogP contribution in [-0.2, 0) is 4.79 Å². The van der Waals surface area contributed by atoms with E-state index in [1.807, 2.05) is 11.9 Å². The lowest BCUT2D eigenvalue weighted by molar-refractivity contribution is -0.157. The van der Waals surface area contributed by atoms with Gasteiger partial charge in [0.2, 0.25) is 5.91 Å². The summed E-state index contributed by atoms with van der Waals surface area (Å²) in [6.45, 7) is 2.13. The topological polar surface area (TPSA) is 20.3 Å². The van der Waals surface area contributed by atoms with Crippen molar-refractivity contribution in [2.75, 3.05) is 12.4 Å². The third-order valence-electron chi connectivity index (χ3n) is 5.70. The molecule has 0 saturated heterocycles. The van der Waals surface area contributed by atoms with Gasteiger partial charge in [0.05, 0.1) is 5.41 Å². The molecule has 0 aliphatic heterocycles. The van der Waals surface area contributed by atoms with Crippen molar-refractivity contribution < 1.29 is 4.79 Å². The van der Waals surface area contributed by atoms with Crippen LogP contribution < -0.4 is 0 Å². The molecule has 4 fully saturated rings. The SMILES string of the molecule is CC(CBr)N(C)C(=O)C12CC3CC(CC(C3)C1)C2. The van der Waals surface area contributed by atoms with E-state index in [-0.39, 0.29) is 5.41 Å². The average Bonchev–Trinajstić information content (AvgIpc) is 2.34. The Kier molecular flexibility index (Phi) is 3.24. The summed E-state index contributed by atoms with van der Waals surface area (Å²) < 4.78 is 0. The molecule has 0 spiro atoms. The first-order chi connectivity index (χ1) is 8.54. The fraction of sp³-hybridized carbons (Fsp3) is 0.933. The zero-order valence-corrected chi connectivity index (χ0v) is 13.1. The van der Waals surface area contributed by atoms with E-state index in [2.05, 4.69) is 22.9 Å².